The molecule has 92 valence electrons. The first-order chi connectivity index (χ1) is 8.33. The summed E-state index contributed by atoms with van der Waals surface area (Å²) in [7, 11) is 0. The van der Waals surface area contributed by atoms with E-state index in [1.54, 1.807) is 12.4 Å². The lowest BCUT2D eigenvalue weighted by Crippen LogP contribution is -2.41. The number of halogens is 1. The predicted molar refractivity (Wildman–Crippen MR) is 71.0 cm³/mol. The van der Waals surface area contributed by atoms with Gasteiger partial charge >= 0.3 is 0 Å². The second kappa shape index (κ2) is 4.90. The second-order valence-electron chi connectivity index (χ2n) is 4.86. The summed E-state index contributed by atoms with van der Waals surface area (Å²) >= 11 is 3.35. The molecule has 0 aliphatic carbocycles. The van der Waals surface area contributed by atoms with Crippen LogP contribution in [0.4, 0.5) is 5.95 Å². The summed E-state index contributed by atoms with van der Waals surface area (Å²) in [5, 5.41) is 3.48. The van der Waals surface area contributed by atoms with Crippen molar-refractivity contribution in [2.45, 2.75) is 37.8 Å². The summed E-state index contributed by atoms with van der Waals surface area (Å²) < 4.78 is 0.925. The highest BCUT2D eigenvalue weighted by molar-refractivity contribution is 9.10. The second-order valence-corrected chi connectivity index (χ2v) is 5.78. The molecule has 2 saturated heterocycles. The minimum Gasteiger partial charge on any atom is -0.350 e. The highest BCUT2D eigenvalue weighted by atomic mass is 79.9. The number of aromatic nitrogens is 2. The van der Waals surface area contributed by atoms with Crippen molar-refractivity contribution in [3.63, 3.8) is 0 Å². The molecule has 1 N–H and O–H groups in total. The summed E-state index contributed by atoms with van der Waals surface area (Å²) in [6, 6.07) is 1.22. The molecular weight excluding hydrogens is 280 g/mol. The van der Waals surface area contributed by atoms with Crippen LogP contribution in [0, 0.1) is 0 Å². The highest BCUT2D eigenvalue weighted by Crippen LogP contribution is 2.28. The van der Waals surface area contributed by atoms with E-state index >= 15 is 0 Å². The van der Waals surface area contributed by atoms with Crippen molar-refractivity contribution in [3.05, 3.63) is 16.9 Å². The molecule has 17 heavy (non-hydrogen) atoms. The van der Waals surface area contributed by atoms with Gasteiger partial charge in [0.05, 0.1) is 4.47 Å². The Labute approximate surface area is 110 Å². The lowest BCUT2D eigenvalue weighted by atomic mass is 9.99. The SMILES string of the molecule is Brc1cnc(N[C@H]2CCN3CCCC[C@@H]23)nc1. The van der Waals surface area contributed by atoms with Gasteiger partial charge in [-0.25, -0.2) is 9.97 Å². The Kier molecular flexibility index (Phi) is 3.29. The first-order valence-corrected chi connectivity index (χ1v) is 7.10. The van der Waals surface area contributed by atoms with E-state index in [9.17, 15) is 0 Å². The molecule has 1 aromatic rings. The molecule has 3 heterocycles. The number of nitrogens with one attached hydrogen (secondary N) is 1. The Morgan fingerprint density at radius 1 is 1.18 bits per heavy atom. The fourth-order valence-corrected chi connectivity index (χ4v) is 3.17. The van der Waals surface area contributed by atoms with Crippen LogP contribution in [0.1, 0.15) is 25.7 Å². The van der Waals surface area contributed by atoms with E-state index in [0.717, 1.165) is 10.4 Å². The van der Waals surface area contributed by atoms with Gasteiger partial charge in [0, 0.05) is 31.0 Å². The summed E-state index contributed by atoms with van der Waals surface area (Å²) in [5.74, 6) is 0.755. The molecule has 3 rings (SSSR count). The number of hydrogen-bond donors (Lipinski definition) is 1. The fraction of sp³-hybridized carbons (Fsp3) is 0.667. The van der Waals surface area contributed by atoms with Crippen molar-refractivity contribution in [3.8, 4) is 0 Å². The Balaban J connectivity index is 1.67. The maximum atomic E-state index is 4.29. The Morgan fingerprint density at radius 2 is 2.00 bits per heavy atom. The summed E-state index contributed by atoms with van der Waals surface area (Å²) in [4.78, 5) is 11.2. The molecule has 4 nitrogen and oxygen atoms in total. The van der Waals surface area contributed by atoms with Gasteiger partial charge in [-0.05, 0) is 41.7 Å². The molecule has 0 spiro atoms. The molecule has 0 bridgehead atoms. The zero-order valence-corrected chi connectivity index (χ0v) is 11.4. The first-order valence-electron chi connectivity index (χ1n) is 6.31. The molecule has 5 heteroatoms. The van der Waals surface area contributed by atoms with Crippen LogP contribution in [-0.2, 0) is 0 Å². The van der Waals surface area contributed by atoms with Crippen LogP contribution in [0.5, 0.6) is 0 Å². The van der Waals surface area contributed by atoms with Crippen LogP contribution < -0.4 is 5.32 Å². The van der Waals surface area contributed by atoms with E-state index in [2.05, 4.69) is 36.1 Å². The Morgan fingerprint density at radius 3 is 2.82 bits per heavy atom. The third kappa shape index (κ3) is 2.45. The topological polar surface area (TPSA) is 41.1 Å². The normalized spacial score (nSPS) is 29.0. The van der Waals surface area contributed by atoms with Crippen LogP contribution >= 0.6 is 15.9 Å². The van der Waals surface area contributed by atoms with Gasteiger partial charge < -0.3 is 5.32 Å². The van der Waals surface area contributed by atoms with E-state index < -0.39 is 0 Å². The minimum atomic E-state index is 0.525. The van der Waals surface area contributed by atoms with Gasteiger partial charge in [0.1, 0.15) is 0 Å². The average Bonchev–Trinajstić information content (AvgIpc) is 2.76. The highest BCUT2D eigenvalue weighted by Gasteiger charge is 2.35. The third-order valence-corrected chi connectivity index (χ3v) is 4.20. The maximum Gasteiger partial charge on any atom is 0.222 e. The lowest BCUT2D eigenvalue weighted by Gasteiger charge is -2.32. The van der Waals surface area contributed by atoms with Gasteiger partial charge in [-0.2, -0.15) is 0 Å². The van der Waals surface area contributed by atoms with Crippen LogP contribution in [0.3, 0.4) is 0 Å². The van der Waals surface area contributed by atoms with E-state index in [0.29, 0.717) is 12.1 Å². The monoisotopic (exact) mass is 296 g/mol. The van der Waals surface area contributed by atoms with Crippen LogP contribution in [0.2, 0.25) is 0 Å². The quantitative estimate of drug-likeness (QED) is 0.909. The zero-order valence-electron chi connectivity index (χ0n) is 9.77. The van der Waals surface area contributed by atoms with Gasteiger partial charge in [-0.15, -0.1) is 0 Å². The lowest BCUT2D eigenvalue weighted by molar-refractivity contribution is 0.192. The molecule has 0 amide bonds. The molecule has 2 aliphatic heterocycles. The van der Waals surface area contributed by atoms with E-state index in [-0.39, 0.29) is 0 Å². The number of rotatable bonds is 2. The van der Waals surface area contributed by atoms with Gasteiger partial charge in [0.15, 0.2) is 0 Å². The van der Waals surface area contributed by atoms with Crippen molar-refractivity contribution in [1.82, 2.24) is 14.9 Å². The minimum absolute atomic E-state index is 0.525. The fourth-order valence-electron chi connectivity index (χ4n) is 2.97. The molecule has 0 unspecified atom stereocenters. The first kappa shape index (κ1) is 11.4. The van der Waals surface area contributed by atoms with E-state index in [4.69, 9.17) is 0 Å². The Bertz CT molecular complexity index is 381. The maximum absolute atomic E-state index is 4.29. The van der Waals surface area contributed by atoms with Gasteiger partial charge in [-0.3, -0.25) is 4.90 Å². The summed E-state index contributed by atoms with van der Waals surface area (Å²) in [6.45, 7) is 2.49. The molecule has 0 radical (unpaired) electrons. The molecule has 1 aromatic heterocycles. The van der Waals surface area contributed by atoms with Gasteiger partial charge in [-0.1, -0.05) is 6.42 Å². The molecule has 0 aromatic carbocycles. The summed E-state index contributed by atoms with van der Waals surface area (Å²) in [5.41, 5.74) is 0. The molecule has 0 saturated carbocycles. The number of hydrogen-bond acceptors (Lipinski definition) is 4. The van der Waals surface area contributed by atoms with Crippen molar-refractivity contribution < 1.29 is 0 Å². The molecule has 2 atom stereocenters. The van der Waals surface area contributed by atoms with Crippen LogP contribution in [0.15, 0.2) is 16.9 Å². The molecule has 2 fully saturated rings. The molecular formula is C12H17BrN4. The molecule has 2 aliphatic rings. The van der Waals surface area contributed by atoms with Crippen LogP contribution in [-0.4, -0.2) is 40.0 Å². The van der Waals surface area contributed by atoms with E-state index in [1.807, 2.05) is 0 Å². The predicted octanol–water partition coefficient (Wildman–Crippen LogP) is 2.28. The van der Waals surface area contributed by atoms with Gasteiger partial charge in [0.25, 0.3) is 0 Å². The van der Waals surface area contributed by atoms with Crippen molar-refractivity contribution in [2.75, 3.05) is 18.4 Å². The largest absolute Gasteiger partial charge is 0.350 e. The number of nitrogens with zero attached hydrogens (tertiary/aromatic N) is 3. The number of anilines is 1. The Hall–Kier alpha value is -0.680. The standard InChI is InChI=1S/C12H17BrN4/c13-9-7-14-12(15-8-9)16-10-4-6-17-5-2-1-3-11(10)17/h7-8,10-11H,1-6H2,(H,14,15,16)/t10-,11-/m0/s1. The van der Waals surface area contributed by atoms with Crippen molar-refractivity contribution in [1.29, 1.82) is 0 Å². The number of piperidine rings is 1. The average molecular weight is 297 g/mol. The van der Waals surface area contributed by atoms with Crippen LogP contribution in [0.25, 0.3) is 0 Å². The van der Waals surface area contributed by atoms with Crippen molar-refractivity contribution in [2.24, 2.45) is 0 Å². The smallest absolute Gasteiger partial charge is 0.222 e. The summed E-state index contributed by atoms with van der Waals surface area (Å²) in [6.07, 6.45) is 8.84. The number of fused-ring (bicyclic) bond motifs is 1. The van der Waals surface area contributed by atoms with Crippen molar-refractivity contribution >= 4 is 21.9 Å². The zero-order chi connectivity index (χ0) is 11.7. The third-order valence-electron chi connectivity index (χ3n) is 3.79. The van der Waals surface area contributed by atoms with Gasteiger partial charge in [0.2, 0.25) is 5.95 Å². The van der Waals surface area contributed by atoms with E-state index in [1.165, 1.54) is 38.8 Å².